The quantitative estimate of drug-likeness (QED) is 0.596. The predicted octanol–water partition coefficient (Wildman–Crippen LogP) is 3.39. The predicted molar refractivity (Wildman–Crippen MR) is 60.0 cm³/mol. The maximum absolute atomic E-state index is 4.28. The summed E-state index contributed by atoms with van der Waals surface area (Å²) in [5.74, 6) is 0. The van der Waals surface area contributed by atoms with E-state index in [-0.39, 0.29) is 12.4 Å². The van der Waals surface area contributed by atoms with Crippen molar-refractivity contribution in [3.63, 3.8) is 0 Å². The SMILES string of the molecule is C1=CC=Nc2ccccc2C=C1.Cl. The fourth-order valence-corrected chi connectivity index (χ4v) is 1.14. The second kappa shape index (κ2) is 4.63. The van der Waals surface area contributed by atoms with Gasteiger partial charge in [0.2, 0.25) is 0 Å². The molecule has 0 N–H and O–H groups in total. The average molecular weight is 192 g/mol. The number of rotatable bonds is 0. The van der Waals surface area contributed by atoms with Gasteiger partial charge in [-0.05, 0) is 12.1 Å². The lowest BCUT2D eigenvalue weighted by atomic mass is 10.1. The van der Waals surface area contributed by atoms with Crippen molar-refractivity contribution in [1.82, 2.24) is 0 Å². The second-order valence-electron chi connectivity index (χ2n) is 2.58. The molecule has 0 unspecified atom stereocenters. The zero-order valence-electron chi connectivity index (χ0n) is 7.05. The molecule has 1 aliphatic heterocycles. The van der Waals surface area contributed by atoms with E-state index in [1.54, 1.807) is 0 Å². The molecule has 0 fully saturated rings. The van der Waals surface area contributed by atoms with Crippen LogP contribution < -0.4 is 0 Å². The van der Waals surface area contributed by atoms with Crippen molar-refractivity contribution in [2.24, 2.45) is 4.99 Å². The van der Waals surface area contributed by atoms with Gasteiger partial charge in [0.25, 0.3) is 0 Å². The number of aliphatic imine (C=N–C) groups is 1. The molecule has 0 amide bonds. The fourth-order valence-electron chi connectivity index (χ4n) is 1.14. The van der Waals surface area contributed by atoms with Gasteiger partial charge in [0.05, 0.1) is 5.69 Å². The second-order valence-corrected chi connectivity index (χ2v) is 2.58. The zero-order valence-corrected chi connectivity index (χ0v) is 7.87. The summed E-state index contributed by atoms with van der Waals surface area (Å²) >= 11 is 0. The monoisotopic (exact) mass is 191 g/mol. The van der Waals surface area contributed by atoms with Crippen molar-refractivity contribution < 1.29 is 0 Å². The molecule has 1 aromatic rings. The lowest BCUT2D eigenvalue weighted by Crippen LogP contribution is -1.76. The smallest absolute Gasteiger partial charge is 0.0701 e. The van der Waals surface area contributed by atoms with Crippen LogP contribution in [0.4, 0.5) is 5.69 Å². The maximum atomic E-state index is 4.28. The molecule has 1 heterocycles. The molecule has 2 rings (SSSR count). The minimum Gasteiger partial charge on any atom is -0.256 e. The van der Waals surface area contributed by atoms with Crippen molar-refractivity contribution in [3.05, 3.63) is 48.1 Å². The van der Waals surface area contributed by atoms with Crippen LogP contribution in [0.3, 0.4) is 0 Å². The summed E-state index contributed by atoms with van der Waals surface area (Å²) in [5.41, 5.74) is 2.19. The molecule has 66 valence electrons. The number of para-hydroxylation sites is 1. The first-order chi connectivity index (χ1) is 5.97. The third-order valence-electron chi connectivity index (χ3n) is 1.73. The summed E-state index contributed by atoms with van der Waals surface area (Å²) < 4.78 is 0. The maximum Gasteiger partial charge on any atom is 0.0701 e. The van der Waals surface area contributed by atoms with E-state index in [0.29, 0.717) is 0 Å². The Balaban J connectivity index is 0.000000845. The van der Waals surface area contributed by atoms with E-state index in [4.69, 9.17) is 0 Å². The molecule has 0 saturated heterocycles. The van der Waals surface area contributed by atoms with Crippen LogP contribution in [0.15, 0.2) is 47.5 Å². The molecule has 0 bridgehead atoms. The minimum absolute atomic E-state index is 0. The number of hydrogen-bond acceptors (Lipinski definition) is 1. The largest absolute Gasteiger partial charge is 0.256 e. The molecule has 0 aliphatic carbocycles. The van der Waals surface area contributed by atoms with Crippen molar-refractivity contribution in [2.45, 2.75) is 0 Å². The molecule has 0 atom stereocenters. The Hall–Kier alpha value is -1.34. The number of hydrogen-bond donors (Lipinski definition) is 0. The number of benzene rings is 1. The minimum atomic E-state index is 0. The van der Waals surface area contributed by atoms with Gasteiger partial charge in [-0.2, -0.15) is 0 Å². The summed E-state index contributed by atoms with van der Waals surface area (Å²) in [6, 6.07) is 8.08. The van der Waals surface area contributed by atoms with Gasteiger partial charge in [-0.1, -0.05) is 36.4 Å². The Morgan fingerprint density at radius 1 is 0.923 bits per heavy atom. The van der Waals surface area contributed by atoms with E-state index in [9.17, 15) is 0 Å². The zero-order chi connectivity index (χ0) is 8.23. The van der Waals surface area contributed by atoms with E-state index in [1.165, 1.54) is 0 Å². The van der Waals surface area contributed by atoms with Gasteiger partial charge in [-0.15, -0.1) is 12.4 Å². The third-order valence-corrected chi connectivity index (χ3v) is 1.73. The number of nitrogens with zero attached hydrogens (tertiary/aromatic N) is 1. The van der Waals surface area contributed by atoms with Crippen molar-refractivity contribution >= 4 is 30.4 Å². The van der Waals surface area contributed by atoms with Gasteiger partial charge in [0.15, 0.2) is 0 Å². The van der Waals surface area contributed by atoms with Gasteiger partial charge in [-0.3, -0.25) is 4.99 Å². The van der Waals surface area contributed by atoms with Crippen molar-refractivity contribution in [3.8, 4) is 0 Å². The summed E-state index contributed by atoms with van der Waals surface area (Å²) in [5, 5.41) is 0. The van der Waals surface area contributed by atoms with Crippen LogP contribution in [-0.4, -0.2) is 6.21 Å². The Labute approximate surface area is 83.9 Å². The van der Waals surface area contributed by atoms with Gasteiger partial charge < -0.3 is 0 Å². The molecule has 1 aromatic carbocycles. The summed E-state index contributed by atoms with van der Waals surface area (Å²) in [7, 11) is 0. The highest BCUT2D eigenvalue weighted by atomic mass is 35.5. The first kappa shape index (κ1) is 9.75. The van der Waals surface area contributed by atoms with Crippen molar-refractivity contribution in [2.75, 3.05) is 0 Å². The van der Waals surface area contributed by atoms with E-state index in [1.807, 2.05) is 42.6 Å². The fraction of sp³-hybridized carbons (Fsp3) is 0. The van der Waals surface area contributed by atoms with Gasteiger partial charge >= 0.3 is 0 Å². The van der Waals surface area contributed by atoms with Crippen LogP contribution in [0.2, 0.25) is 0 Å². The van der Waals surface area contributed by atoms with Crippen LogP contribution in [0.1, 0.15) is 5.56 Å². The van der Waals surface area contributed by atoms with Gasteiger partial charge in [0.1, 0.15) is 0 Å². The van der Waals surface area contributed by atoms with E-state index in [2.05, 4.69) is 17.1 Å². The highest BCUT2D eigenvalue weighted by molar-refractivity contribution is 5.85. The molecule has 0 aromatic heterocycles. The molecule has 13 heavy (non-hydrogen) atoms. The summed E-state index contributed by atoms with van der Waals surface area (Å²) in [6.45, 7) is 0. The number of allylic oxidation sites excluding steroid dienone is 3. The molecule has 2 heteroatoms. The van der Waals surface area contributed by atoms with Crippen LogP contribution in [0, 0.1) is 0 Å². The van der Waals surface area contributed by atoms with E-state index >= 15 is 0 Å². The molecule has 1 aliphatic rings. The molecule has 1 nitrogen and oxygen atoms in total. The third kappa shape index (κ3) is 2.30. The summed E-state index contributed by atoms with van der Waals surface area (Å²) in [4.78, 5) is 4.28. The summed E-state index contributed by atoms with van der Waals surface area (Å²) in [6.07, 6.45) is 9.78. The lowest BCUT2D eigenvalue weighted by molar-refractivity contribution is 1.51. The van der Waals surface area contributed by atoms with Gasteiger partial charge in [-0.25, -0.2) is 0 Å². The Morgan fingerprint density at radius 3 is 2.69 bits per heavy atom. The molecule has 0 radical (unpaired) electrons. The van der Waals surface area contributed by atoms with Crippen molar-refractivity contribution in [1.29, 1.82) is 0 Å². The van der Waals surface area contributed by atoms with E-state index in [0.717, 1.165) is 11.3 Å². The Bertz CT molecular complexity index is 329. The van der Waals surface area contributed by atoms with Gasteiger partial charge in [0, 0.05) is 11.8 Å². The highest BCUT2D eigenvalue weighted by Gasteiger charge is 1.94. The van der Waals surface area contributed by atoms with Crippen LogP contribution in [-0.2, 0) is 0 Å². The topological polar surface area (TPSA) is 12.4 Å². The normalized spacial score (nSPS) is 12.6. The standard InChI is InChI=1S/C11H9N.ClH/c1-2-6-10-7-3-4-8-11(10)12-9-5-1;/h1-9H;1H. The Morgan fingerprint density at radius 2 is 1.77 bits per heavy atom. The molecular weight excluding hydrogens is 182 g/mol. The molecular formula is C11H10ClN. The lowest BCUT2D eigenvalue weighted by Gasteiger charge is -1.99. The number of halogens is 1. The first-order valence-electron chi connectivity index (χ1n) is 3.93. The molecule has 0 saturated carbocycles. The molecule has 0 spiro atoms. The van der Waals surface area contributed by atoms with Crippen LogP contribution in [0.25, 0.3) is 6.08 Å². The van der Waals surface area contributed by atoms with Crippen LogP contribution in [0.5, 0.6) is 0 Å². The first-order valence-corrected chi connectivity index (χ1v) is 3.93. The van der Waals surface area contributed by atoms with Crippen LogP contribution >= 0.6 is 12.4 Å². The average Bonchev–Trinajstić information content (AvgIpc) is 2.06. The number of fused-ring (bicyclic) bond motifs is 1. The van der Waals surface area contributed by atoms with E-state index < -0.39 is 0 Å². The highest BCUT2D eigenvalue weighted by Crippen LogP contribution is 2.20. The Kier molecular flexibility index (Phi) is 3.47.